The molecule has 0 aliphatic carbocycles. The van der Waals surface area contributed by atoms with Gasteiger partial charge in [0.2, 0.25) is 5.96 Å². The number of guanidine groups is 1. The fraction of sp³-hybridized carbons (Fsp3) is 0.345. The fourth-order valence-corrected chi connectivity index (χ4v) is 6.44. The van der Waals surface area contributed by atoms with Gasteiger partial charge in [0, 0.05) is 48.6 Å². The Labute approximate surface area is 246 Å². The van der Waals surface area contributed by atoms with Gasteiger partial charge in [-0.15, -0.1) is 21.1 Å². The van der Waals surface area contributed by atoms with Crippen LogP contribution in [0.25, 0.3) is 0 Å². The van der Waals surface area contributed by atoms with Crippen LogP contribution >= 0.6 is 11.8 Å². The molecule has 12 heteroatoms. The number of hydrogen-bond donors (Lipinski definition) is 2. The van der Waals surface area contributed by atoms with Crippen LogP contribution in [0.4, 0.5) is 17.1 Å². The van der Waals surface area contributed by atoms with Gasteiger partial charge < -0.3 is 25.8 Å². The molecule has 0 amide bonds. The van der Waals surface area contributed by atoms with E-state index < -0.39 is 10.0 Å². The molecule has 1 saturated heterocycles. The fourth-order valence-electron chi connectivity index (χ4n) is 4.48. The Kier molecular flexibility index (Phi) is 10.6. The van der Waals surface area contributed by atoms with Crippen LogP contribution in [0, 0.1) is 4.91 Å². The first-order valence-corrected chi connectivity index (χ1v) is 15.9. The van der Waals surface area contributed by atoms with Crippen LogP contribution in [0.2, 0.25) is 0 Å². The van der Waals surface area contributed by atoms with E-state index in [1.807, 2.05) is 62.6 Å². The number of anilines is 2. The van der Waals surface area contributed by atoms with Crippen LogP contribution < -0.4 is 16.0 Å². The Morgan fingerprint density at radius 1 is 1.00 bits per heavy atom. The topological polar surface area (TPSA) is 124 Å². The quantitative estimate of drug-likeness (QED) is 0.135. The maximum atomic E-state index is 13.1. The first kappa shape index (κ1) is 30.4. The molecule has 3 aromatic rings. The summed E-state index contributed by atoms with van der Waals surface area (Å²) in [6, 6.07) is 24.4. The number of nitrogens with one attached hydrogen (secondary N) is 1. The van der Waals surface area contributed by atoms with Gasteiger partial charge in [-0.1, -0.05) is 36.4 Å². The molecular formula is C29H37N7O3S2. The van der Waals surface area contributed by atoms with Gasteiger partial charge in [0.1, 0.15) is 5.69 Å². The van der Waals surface area contributed by atoms with Gasteiger partial charge >= 0.3 is 0 Å². The molecule has 0 saturated carbocycles. The van der Waals surface area contributed by atoms with E-state index in [2.05, 4.69) is 36.8 Å². The molecule has 1 aliphatic heterocycles. The van der Waals surface area contributed by atoms with Gasteiger partial charge in [0.05, 0.1) is 10.6 Å². The lowest BCUT2D eigenvalue weighted by atomic mass is 10.2. The van der Waals surface area contributed by atoms with Crippen LogP contribution in [0.15, 0.2) is 98.2 Å². The molecule has 41 heavy (non-hydrogen) atoms. The van der Waals surface area contributed by atoms with Crippen molar-refractivity contribution in [1.29, 1.82) is 0 Å². The van der Waals surface area contributed by atoms with E-state index in [9.17, 15) is 13.3 Å². The van der Waals surface area contributed by atoms with Gasteiger partial charge in [-0.25, -0.2) is 0 Å². The van der Waals surface area contributed by atoms with Crippen molar-refractivity contribution in [3.8, 4) is 0 Å². The molecule has 10 nitrogen and oxygen atoms in total. The lowest BCUT2D eigenvalue weighted by Crippen LogP contribution is -2.51. The maximum absolute atomic E-state index is 13.1. The summed E-state index contributed by atoms with van der Waals surface area (Å²) in [7, 11) is -0.132. The Balaban J connectivity index is 1.44. The maximum Gasteiger partial charge on any atom is 0.285 e. The van der Waals surface area contributed by atoms with E-state index in [1.165, 1.54) is 12.1 Å². The van der Waals surface area contributed by atoms with Gasteiger partial charge in [-0.3, -0.25) is 0 Å². The second-order valence-corrected chi connectivity index (χ2v) is 12.8. The normalized spacial score (nSPS) is 15.1. The summed E-state index contributed by atoms with van der Waals surface area (Å²) in [6.07, 6.45) is 0.823. The zero-order valence-corrected chi connectivity index (χ0v) is 25.0. The molecule has 218 valence electrons. The largest absolute Gasteiger partial charge is 0.380 e. The molecule has 1 aliphatic rings. The summed E-state index contributed by atoms with van der Waals surface area (Å²) in [4.78, 5) is 18.9. The lowest BCUT2D eigenvalue weighted by Gasteiger charge is -2.36. The van der Waals surface area contributed by atoms with E-state index in [0.717, 1.165) is 29.3 Å². The van der Waals surface area contributed by atoms with E-state index in [-0.39, 0.29) is 22.6 Å². The summed E-state index contributed by atoms with van der Waals surface area (Å²) in [5.74, 6) is 0.691. The van der Waals surface area contributed by atoms with E-state index >= 15 is 0 Å². The molecule has 0 radical (unpaired) electrons. The van der Waals surface area contributed by atoms with Gasteiger partial charge in [-0.2, -0.15) is 8.42 Å². The zero-order chi connectivity index (χ0) is 29.2. The molecule has 0 aromatic heterocycles. The van der Waals surface area contributed by atoms with Gasteiger partial charge in [0.15, 0.2) is 0 Å². The number of nitrogens with two attached hydrogens (primary N) is 1. The molecule has 3 aromatic carbocycles. The number of sulfonamides is 1. The highest BCUT2D eigenvalue weighted by Gasteiger charge is 2.23. The molecule has 1 fully saturated rings. The Morgan fingerprint density at radius 2 is 1.66 bits per heavy atom. The van der Waals surface area contributed by atoms with Crippen molar-refractivity contribution in [3.05, 3.63) is 83.8 Å². The van der Waals surface area contributed by atoms with E-state index in [1.54, 1.807) is 22.7 Å². The number of thioether (sulfide) groups is 1. The standard InChI is InChI=1S/C29H37N7O3S2/c1-34(2)16-15-23(22-40-25-11-7-4-8-12-25)31-27-14-13-26(21-28(27)32-37)41(38,39)33-29(30)36-19-17-35(18-20-36)24-9-5-3-6-10-24/h3-14,21,23,31H,15-20,22H2,1-2H3,(H2,30,33)/t23-/m1/s1. The average molecular weight is 596 g/mol. The van der Waals surface area contributed by atoms with Crippen molar-refractivity contribution in [2.75, 3.05) is 62.8 Å². The first-order chi connectivity index (χ1) is 19.7. The van der Waals surface area contributed by atoms with Crippen molar-refractivity contribution in [1.82, 2.24) is 9.80 Å². The van der Waals surface area contributed by atoms with Gasteiger partial charge in [-0.05, 0) is 74.7 Å². The van der Waals surface area contributed by atoms with E-state index in [4.69, 9.17) is 5.73 Å². The number of nitroso groups, excluding NO2 is 1. The molecule has 1 heterocycles. The third-order valence-electron chi connectivity index (χ3n) is 6.78. The molecule has 1 atom stereocenters. The van der Waals surface area contributed by atoms with Crippen LogP contribution in [0.3, 0.4) is 0 Å². The van der Waals surface area contributed by atoms with Crippen LogP contribution in [-0.4, -0.2) is 82.8 Å². The second-order valence-electron chi connectivity index (χ2n) is 10.1. The molecular weight excluding hydrogens is 558 g/mol. The van der Waals surface area contributed by atoms with Crippen molar-refractivity contribution in [2.24, 2.45) is 15.3 Å². The molecule has 0 bridgehead atoms. The second kappa shape index (κ2) is 14.3. The monoisotopic (exact) mass is 595 g/mol. The summed E-state index contributed by atoms with van der Waals surface area (Å²) >= 11 is 1.71. The third kappa shape index (κ3) is 8.69. The zero-order valence-electron chi connectivity index (χ0n) is 23.4. The van der Waals surface area contributed by atoms with Crippen molar-refractivity contribution in [3.63, 3.8) is 0 Å². The van der Waals surface area contributed by atoms with E-state index in [0.29, 0.717) is 31.9 Å². The Hall–Kier alpha value is -3.61. The van der Waals surface area contributed by atoms with Crippen LogP contribution in [-0.2, 0) is 10.0 Å². The Bertz CT molecular complexity index is 1410. The minimum Gasteiger partial charge on any atom is -0.380 e. The molecule has 0 spiro atoms. The summed E-state index contributed by atoms with van der Waals surface area (Å²) in [5, 5.41) is 6.53. The highest BCUT2D eigenvalue weighted by Crippen LogP contribution is 2.31. The number of piperazine rings is 1. The number of rotatable bonds is 12. The lowest BCUT2D eigenvalue weighted by molar-refractivity contribution is 0.382. The third-order valence-corrected chi connectivity index (χ3v) is 9.23. The highest BCUT2D eigenvalue weighted by atomic mass is 32.2. The number of benzene rings is 3. The average Bonchev–Trinajstić information content (AvgIpc) is 2.99. The van der Waals surface area contributed by atoms with Gasteiger partial charge in [0.25, 0.3) is 10.0 Å². The van der Waals surface area contributed by atoms with Crippen molar-refractivity contribution < 1.29 is 8.42 Å². The number of para-hydroxylation sites is 1. The predicted octanol–water partition coefficient (Wildman–Crippen LogP) is 4.43. The van der Waals surface area contributed by atoms with Crippen LogP contribution in [0.5, 0.6) is 0 Å². The molecule has 3 N–H and O–H groups in total. The smallest absolute Gasteiger partial charge is 0.285 e. The Morgan fingerprint density at radius 3 is 2.29 bits per heavy atom. The van der Waals surface area contributed by atoms with Crippen LogP contribution in [0.1, 0.15) is 6.42 Å². The minimum atomic E-state index is -4.15. The highest BCUT2D eigenvalue weighted by molar-refractivity contribution is 7.99. The van der Waals surface area contributed by atoms with Crippen molar-refractivity contribution >= 4 is 44.8 Å². The summed E-state index contributed by atoms with van der Waals surface area (Å²) in [5.41, 5.74) is 7.73. The minimum absolute atomic E-state index is 0.0101. The SMILES string of the molecule is CN(C)CC[C@H](CSc1ccccc1)Nc1ccc(S(=O)(=O)N=C(N)N2CCN(c3ccccc3)CC2)cc1N=O. The predicted molar refractivity (Wildman–Crippen MR) is 169 cm³/mol. The summed E-state index contributed by atoms with van der Waals surface area (Å²) in [6.45, 7) is 3.31. The number of nitrogens with zero attached hydrogens (tertiary/aromatic N) is 5. The summed E-state index contributed by atoms with van der Waals surface area (Å²) < 4.78 is 30.1. The molecule has 0 unspecified atom stereocenters. The first-order valence-electron chi connectivity index (χ1n) is 13.5. The van der Waals surface area contributed by atoms with Crippen molar-refractivity contribution in [2.45, 2.75) is 22.3 Å². The molecule has 4 rings (SSSR count). The number of hydrogen-bond acceptors (Lipinski definition) is 8.